The second-order valence-corrected chi connectivity index (χ2v) is 3.43. The lowest BCUT2D eigenvalue weighted by Crippen LogP contribution is -2.04. The van der Waals surface area contributed by atoms with Gasteiger partial charge in [0.25, 0.3) is 0 Å². The molecule has 0 saturated heterocycles. The van der Waals surface area contributed by atoms with Crippen LogP contribution in [0.5, 0.6) is 0 Å². The number of hydrogen-bond donors (Lipinski definition) is 0. The summed E-state index contributed by atoms with van der Waals surface area (Å²) >= 11 is 0. The Labute approximate surface area is 64.6 Å². The lowest BCUT2D eigenvalue weighted by Gasteiger charge is -2.17. The molecule has 0 aromatic heterocycles. The Hall–Kier alpha value is -0.520. The molecule has 0 heterocycles. The molecular formula is C10H18. The predicted octanol–water partition coefficient (Wildman–Crippen LogP) is 3.55. The van der Waals surface area contributed by atoms with Gasteiger partial charge in [0.05, 0.1) is 0 Å². The highest BCUT2D eigenvalue weighted by atomic mass is 14.1. The van der Waals surface area contributed by atoms with Crippen molar-refractivity contribution >= 4 is 0 Å². The summed E-state index contributed by atoms with van der Waals surface area (Å²) in [5, 5.41) is 0. The van der Waals surface area contributed by atoms with Crippen LogP contribution in [0.2, 0.25) is 0 Å². The third-order valence-corrected chi connectivity index (χ3v) is 1.85. The summed E-state index contributed by atoms with van der Waals surface area (Å²) in [5.74, 6) is 0. The molecule has 0 heteroatoms. The van der Waals surface area contributed by atoms with Gasteiger partial charge in [-0.15, -0.1) is 0 Å². The zero-order chi connectivity index (χ0) is 8.20. The monoisotopic (exact) mass is 138 g/mol. The van der Waals surface area contributed by atoms with Crippen LogP contribution < -0.4 is 0 Å². The summed E-state index contributed by atoms with van der Waals surface area (Å²) in [7, 11) is 0. The van der Waals surface area contributed by atoms with E-state index in [1.54, 1.807) is 0 Å². The summed E-state index contributed by atoms with van der Waals surface area (Å²) in [4.78, 5) is 0. The molecule has 0 aromatic rings. The van der Waals surface area contributed by atoms with Crippen LogP contribution in [0.15, 0.2) is 24.3 Å². The summed E-state index contributed by atoms with van der Waals surface area (Å²) in [5.41, 5.74) is 1.60. The molecule has 58 valence electrons. The van der Waals surface area contributed by atoms with Gasteiger partial charge in [-0.05, 0) is 18.8 Å². The smallest absolute Gasteiger partial charge is 0.0172 e. The lowest BCUT2D eigenvalue weighted by atomic mass is 9.88. The first-order valence-corrected chi connectivity index (χ1v) is 3.83. The zero-order valence-electron chi connectivity index (χ0n) is 7.57. The minimum atomic E-state index is 0.332. The molecule has 0 aromatic carbocycles. The fourth-order valence-corrected chi connectivity index (χ4v) is 0.777. The molecule has 0 aliphatic heterocycles. The largest absolute Gasteiger partial charge is 0.0988 e. The van der Waals surface area contributed by atoms with Crippen LogP contribution in [-0.4, -0.2) is 0 Å². The van der Waals surface area contributed by atoms with Gasteiger partial charge in [0.2, 0.25) is 0 Å². The van der Waals surface area contributed by atoms with Gasteiger partial charge in [0, 0.05) is 0 Å². The van der Waals surface area contributed by atoms with Gasteiger partial charge in [0.1, 0.15) is 0 Å². The Kier molecular flexibility index (Phi) is 3.41. The molecule has 0 amide bonds. The summed E-state index contributed by atoms with van der Waals surface area (Å²) in [6, 6.07) is 0. The van der Waals surface area contributed by atoms with Crippen molar-refractivity contribution in [2.45, 2.75) is 34.1 Å². The molecule has 0 bridgehead atoms. The summed E-state index contributed by atoms with van der Waals surface area (Å²) < 4.78 is 0. The fourth-order valence-electron chi connectivity index (χ4n) is 0.777. The highest BCUT2D eigenvalue weighted by Gasteiger charge is 2.09. The van der Waals surface area contributed by atoms with Crippen molar-refractivity contribution in [3.05, 3.63) is 24.3 Å². The van der Waals surface area contributed by atoms with E-state index in [2.05, 4.69) is 40.3 Å². The Morgan fingerprint density at radius 3 is 2.30 bits per heavy atom. The van der Waals surface area contributed by atoms with Gasteiger partial charge in [-0.1, -0.05) is 45.1 Å². The molecule has 0 atom stereocenters. The van der Waals surface area contributed by atoms with Crippen LogP contribution in [0.1, 0.15) is 34.1 Å². The first-order valence-electron chi connectivity index (χ1n) is 3.83. The van der Waals surface area contributed by atoms with Gasteiger partial charge in [-0.2, -0.15) is 0 Å². The maximum atomic E-state index is 3.71. The molecule has 0 nitrogen and oxygen atoms in total. The quantitative estimate of drug-likeness (QED) is 0.523. The third kappa shape index (κ3) is 3.49. The predicted molar refractivity (Wildman–Crippen MR) is 48.0 cm³/mol. The van der Waals surface area contributed by atoms with Crippen molar-refractivity contribution in [3.63, 3.8) is 0 Å². The molecular weight excluding hydrogens is 120 g/mol. The van der Waals surface area contributed by atoms with Crippen molar-refractivity contribution < 1.29 is 0 Å². The highest BCUT2D eigenvalue weighted by Crippen LogP contribution is 2.23. The van der Waals surface area contributed by atoms with E-state index in [1.807, 2.05) is 6.08 Å². The Balaban J connectivity index is 4.22. The molecule has 0 aliphatic rings. The van der Waals surface area contributed by atoms with Crippen LogP contribution >= 0.6 is 0 Å². The van der Waals surface area contributed by atoms with Gasteiger partial charge in [0.15, 0.2) is 0 Å². The number of allylic oxidation sites excluding steroid dienone is 3. The van der Waals surface area contributed by atoms with Crippen molar-refractivity contribution in [2.75, 3.05) is 0 Å². The average molecular weight is 138 g/mol. The average Bonchev–Trinajstić information content (AvgIpc) is 1.87. The summed E-state index contributed by atoms with van der Waals surface area (Å²) in [6.07, 6.45) is 5.34. The van der Waals surface area contributed by atoms with E-state index in [4.69, 9.17) is 0 Å². The van der Waals surface area contributed by atoms with Gasteiger partial charge in [-0.25, -0.2) is 0 Å². The number of hydrogen-bond acceptors (Lipinski definition) is 0. The number of rotatable bonds is 3. The molecule has 0 radical (unpaired) electrons. The van der Waals surface area contributed by atoms with E-state index in [0.717, 1.165) is 0 Å². The van der Waals surface area contributed by atoms with Crippen LogP contribution in [0, 0.1) is 5.41 Å². The zero-order valence-corrected chi connectivity index (χ0v) is 7.57. The van der Waals surface area contributed by atoms with E-state index in [1.165, 1.54) is 12.0 Å². The van der Waals surface area contributed by atoms with Gasteiger partial charge >= 0.3 is 0 Å². The van der Waals surface area contributed by atoms with Crippen LogP contribution in [0.25, 0.3) is 0 Å². The molecule has 0 N–H and O–H groups in total. The summed E-state index contributed by atoms with van der Waals surface area (Å²) in [6.45, 7) is 12.5. The van der Waals surface area contributed by atoms with Crippen molar-refractivity contribution in [2.24, 2.45) is 5.41 Å². The molecule has 0 aliphatic carbocycles. The SMILES string of the molecule is C=C/C(C)=C/C(C)(C)CC. The molecule has 0 rings (SSSR count). The van der Waals surface area contributed by atoms with Crippen molar-refractivity contribution in [3.8, 4) is 0 Å². The Bertz CT molecular complexity index is 138. The fraction of sp³-hybridized carbons (Fsp3) is 0.600. The molecule has 0 fully saturated rings. The molecule has 0 saturated carbocycles. The second kappa shape index (κ2) is 3.60. The van der Waals surface area contributed by atoms with E-state index in [0.29, 0.717) is 5.41 Å². The van der Waals surface area contributed by atoms with E-state index in [-0.39, 0.29) is 0 Å². The Morgan fingerprint density at radius 2 is 2.00 bits per heavy atom. The van der Waals surface area contributed by atoms with Crippen molar-refractivity contribution in [1.29, 1.82) is 0 Å². The first kappa shape index (κ1) is 9.48. The van der Waals surface area contributed by atoms with E-state index >= 15 is 0 Å². The minimum Gasteiger partial charge on any atom is -0.0988 e. The van der Waals surface area contributed by atoms with Crippen LogP contribution in [0.4, 0.5) is 0 Å². The highest BCUT2D eigenvalue weighted by molar-refractivity contribution is 5.15. The topological polar surface area (TPSA) is 0 Å². The molecule has 0 spiro atoms. The van der Waals surface area contributed by atoms with Crippen molar-refractivity contribution in [1.82, 2.24) is 0 Å². The lowest BCUT2D eigenvalue weighted by molar-refractivity contribution is 0.460. The van der Waals surface area contributed by atoms with Crippen LogP contribution in [0.3, 0.4) is 0 Å². The first-order chi connectivity index (χ1) is 4.52. The Morgan fingerprint density at radius 1 is 1.50 bits per heavy atom. The third-order valence-electron chi connectivity index (χ3n) is 1.85. The molecule has 10 heavy (non-hydrogen) atoms. The van der Waals surface area contributed by atoms with Crippen LogP contribution in [-0.2, 0) is 0 Å². The van der Waals surface area contributed by atoms with E-state index in [9.17, 15) is 0 Å². The van der Waals surface area contributed by atoms with E-state index < -0.39 is 0 Å². The normalized spacial score (nSPS) is 13.4. The molecule has 0 unspecified atom stereocenters. The second-order valence-electron chi connectivity index (χ2n) is 3.43. The standard InChI is InChI=1S/C10H18/c1-6-9(3)8-10(4,5)7-2/h6,8H,1,7H2,2-5H3/b9-8+. The van der Waals surface area contributed by atoms with Gasteiger partial charge in [-0.3, -0.25) is 0 Å². The maximum absolute atomic E-state index is 3.71. The van der Waals surface area contributed by atoms with Gasteiger partial charge < -0.3 is 0 Å². The minimum absolute atomic E-state index is 0.332. The maximum Gasteiger partial charge on any atom is -0.0172 e.